The van der Waals surface area contributed by atoms with E-state index in [2.05, 4.69) is 10.2 Å². The molecule has 0 aromatic carbocycles. The Morgan fingerprint density at radius 2 is 1.84 bits per heavy atom. The van der Waals surface area contributed by atoms with Crippen molar-refractivity contribution in [2.75, 3.05) is 31.9 Å². The summed E-state index contributed by atoms with van der Waals surface area (Å²) in [6.45, 7) is 3.65. The number of thioether (sulfide) groups is 1. The van der Waals surface area contributed by atoms with Crippen LogP contribution in [-0.4, -0.2) is 58.7 Å². The summed E-state index contributed by atoms with van der Waals surface area (Å²) in [5.41, 5.74) is 0. The molecule has 5 fully saturated rings. The molecule has 4 nitrogen and oxygen atoms in total. The highest BCUT2D eigenvalue weighted by atomic mass is 32.2. The number of nitrogens with zero attached hydrogens (tertiary/aromatic N) is 1. The lowest BCUT2D eigenvalue weighted by atomic mass is 9.56. The number of piperidine rings is 1. The van der Waals surface area contributed by atoms with Gasteiger partial charge in [-0.05, 0) is 88.6 Å². The van der Waals surface area contributed by atoms with Gasteiger partial charge in [-0.15, -0.1) is 11.8 Å². The molecule has 0 aromatic heterocycles. The first-order valence-corrected chi connectivity index (χ1v) is 11.4. The van der Waals surface area contributed by atoms with Crippen LogP contribution >= 0.6 is 11.8 Å². The molecule has 1 heterocycles. The van der Waals surface area contributed by atoms with Gasteiger partial charge in [0.15, 0.2) is 0 Å². The predicted octanol–water partition coefficient (Wildman–Crippen LogP) is 2.65. The summed E-state index contributed by atoms with van der Waals surface area (Å²) < 4.78 is 0.441. The van der Waals surface area contributed by atoms with Crippen molar-refractivity contribution in [1.82, 2.24) is 10.2 Å². The first-order valence-electron chi connectivity index (χ1n) is 10.4. The number of hydrogen-bond acceptors (Lipinski definition) is 4. The van der Waals surface area contributed by atoms with Crippen molar-refractivity contribution in [2.45, 2.75) is 68.6 Å². The molecule has 1 amide bonds. The highest BCUT2D eigenvalue weighted by Crippen LogP contribution is 2.60. The number of β-amino-alcohol motifs (C(OH)–C–C–N with tert-alkyl or cyclic N) is 1. The van der Waals surface area contributed by atoms with Crippen molar-refractivity contribution in [2.24, 2.45) is 17.8 Å². The van der Waals surface area contributed by atoms with Crippen molar-refractivity contribution in [1.29, 1.82) is 0 Å². The molecule has 0 unspecified atom stereocenters. The molecule has 0 aromatic rings. The Morgan fingerprint density at radius 1 is 1.16 bits per heavy atom. The van der Waals surface area contributed by atoms with E-state index in [0.29, 0.717) is 10.5 Å². The van der Waals surface area contributed by atoms with Crippen molar-refractivity contribution < 1.29 is 9.90 Å². The number of rotatable bonds is 7. The Balaban J connectivity index is 1.13. The van der Waals surface area contributed by atoms with Gasteiger partial charge < -0.3 is 15.3 Å². The van der Waals surface area contributed by atoms with Gasteiger partial charge in [-0.1, -0.05) is 0 Å². The quantitative estimate of drug-likeness (QED) is 0.680. The average Bonchev–Trinajstić information content (AvgIpc) is 2.56. The summed E-state index contributed by atoms with van der Waals surface area (Å²) in [5.74, 6) is 3.75. The van der Waals surface area contributed by atoms with E-state index in [1.165, 1.54) is 38.5 Å². The zero-order valence-electron chi connectivity index (χ0n) is 15.4. The van der Waals surface area contributed by atoms with E-state index in [-0.39, 0.29) is 12.0 Å². The van der Waals surface area contributed by atoms with Gasteiger partial charge in [0, 0.05) is 17.8 Å². The topological polar surface area (TPSA) is 52.6 Å². The van der Waals surface area contributed by atoms with Crippen LogP contribution in [0.3, 0.4) is 0 Å². The fourth-order valence-corrected chi connectivity index (χ4v) is 7.84. The minimum Gasteiger partial charge on any atom is -0.392 e. The number of likely N-dealkylation sites (tertiary alicyclic amines) is 1. The molecule has 1 aliphatic heterocycles. The highest BCUT2D eigenvalue weighted by Gasteiger charge is 2.51. The SMILES string of the molecule is O=C(CSC12CC3CC(CC(C3)C1)C2)NCCCN1CCC[C@H](O)C1. The smallest absolute Gasteiger partial charge is 0.230 e. The zero-order chi connectivity index (χ0) is 17.3. The van der Waals surface area contributed by atoms with Crippen LogP contribution < -0.4 is 5.32 Å². The molecule has 4 aliphatic carbocycles. The van der Waals surface area contributed by atoms with E-state index < -0.39 is 0 Å². The van der Waals surface area contributed by atoms with Crippen LogP contribution in [0.5, 0.6) is 0 Å². The molecule has 1 atom stereocenters. The number of carbonyl (C=O) groups is 1. The number of nitrogens with one attached hydrogen (secondary N) is 1. The van der Waals surface area contributed by atoms with Crippen molar-refractivity contribution in [3.05, 3.63) is 0 Å². The number of aliphatic hydroxyl groups excluding tert-OH is 1. The maximum Gasteiger partial charge on any atom is 0.230 e. The molecule has 0 radical (unpaired) electrons. The molecule has 25 heavy (non-hydrogen) atoms. The lowest BCUT2D eigenvalue weighted by Crippen LogP contribution is -2.49. The molecule has 4 saturated carbocycles. The Labute approximate surface area is 156 Å². The minimum absolute atomic E-state index is 0.153. The third-order valence-corrected chi connectivity index (χ3v) is 8.46. The Bertz CT molecular complexity index is 449. The standard InChI is InChI=1S/C20H34N2O2S/c23-18-3-1-5-22(13-18)6-2-4-21-19(24)14-25-20-10-15-7-16(11-20)9-17(8-15)12-20/h15-18,23H,1-14H2,(H,21,24)/t15?,16?,17?,18-,20?/m0/s1. The number of aliphatic hydroxyl groups is 1. The van der Waals surface area contributed by atoms with Gasteiger partial charge in [0.25, 0.3) is 0 Å². The first kappa shape index (κ1) is 18.1. The molecule has 2 N–H and O–H groups in total. The monoisotopic (exact) mass is 366 g/mol. The van der Waals surface area contributed by atoms with E-state index in [1.807, 2.05) is 11.8 Å². The van der Waals surface area contributed by atoms with E-state index in [0.717, 1.165) is 63.2 Å². The third-order valence-electron chi connectivity index (χ3n) is 6.95. The Kier molecular flexibility index (Phi) is 5.63. The molecule has 5 aliphatic rings. The van der Waals surface area contributed by atoms with E-state index in [4.69, 9.17) is 0 Å². The van der Waals surface area contributed by atoms with Crippen LogP contribution in [0.2, 0.25) is 0 Å². The minimum atomic E-state index is -0.153. The fourth-order valence-electron chi connectivity index (χ4n) is 6.24. The summed E-state index contributed by atoms with van der Waals surface area (Å²) in [6, 6.07) is 0. The van der Waals surface area contributed by atoms with E-state index in [9.17, 15) is 9.90 Å². The van der Waals surface area contributed by atoms with Crippen molar-refractivity contribution >= 4 is 17.7 Å². The summed E-state index contributed by atoms with van der Waals surface area (Å²) in [5, 5.41) is 12.8. The molecular formula is C20H34N2O2S. The molecule has 1 saturated heterocycles. The maximum atomic E-state index is 12.3. The number of carbonyl (C=O) groups excluding carboxylic acids is 1. The van der Waals surface area contributed by atoms with Gasteiger partial charge in [0.05, 0.1) is 11.9 Å². The fraction of sp³-hybridized carbons (Fsp3) is 0.950. The molecule has 5 heteroatoms. The summed E-state index contributed by atoms with van der Waals surface area (Å²) in [4.78, 5) is 14.6. The third kappa shape index (κ3) is 4.54. The second kappa shape index (κ2) is 7.77. The molecule has 4 bridgehead atoms. The van der Waals surface area contributed by atoms with Crippen LogP contribution in [0.15, 0.2) is 0 Å². The van der Waals surface area contributed by atoms with E-state index in [1.54, 1.807) is 0 Å². The van der Waals surface area contributed by atoms with Gasteiger partial charge >= 0.3 is 0 Å². The van der Waals surface area contributed by atoms with E-state index >= 15 is 0 Å². The van der Waals surface area contributed by atoms with Gasteiger partial charge in [-0.2, -0.15) is 0 Å². The number of hydrogen-bond donors (Lipinski definition) is 2. The Hall–Kier alpha value is -0.260. The van der Waals surface area contributed by atoms with Crippen LogP contribution in [0.25, 0.3) is 0 Å². The van der Waals surface area contributed by atoms with Crippen LogP contribution in [0.4, 0.5) is 0 Å². The predicted molar refractivity (Wildman–Crippen MR) is 103 cm³/mol. The van der Waals surface area contributed by atoms with Crippen LogP contribution in [-0.2, 0) is 4.79 Å². The molecular weight excluding hydrogens is 332 g/mol. The normalized spacial score (nSPS) is 40.4. The largest absolute Gasteiger partial charge is 0.392 e. The molecule has 0 spiro atoms. The first-order chi connectivity index (χ1) is 12.1. The average molecular weight is 367 g/mol. The van der Waals surface area contributed by atoms with Crippen molar-refractivity contribution in [3.8, 4) is 0 Å². The van der Waals surface area contributed by atoms with Gasteiger partial charge in [0.2, 0.25) is 5.91 Å². The maximum absolute atomic E-state index is 12.3. The highest BCUT2D eigenvalue weighted by molar-refractivity contribution is 8.01. The zero-order valence-corrected chi connectivity index (χ0v) is 16.2. The van der Waals surface area contributed by atoms with Gasteiger partial charge in [0.1, 0.15) is 0 Å². The lowest BCUT2D eigenvalue weighted by Gasteiger charge is -2.56. The summed E-state index contributed by atoms with van der Waals surface area (Å²) >= 11 is 1.97. The van der Waals surface area contributed by atoms with Gasteiger partial charge in [-0.25, -0.2) is 0 Å². The molecule has 5 rings (SSSR count). The molecule has 142 valence electrons. The second-order valence-corrected chi connectivity index (χ2v) is 10.6. The van der Waals surface area contributed by atoms with Gasteiger partial charge in [-0.3, -0.25) is 4.79 Å². The van der Waals surface area contributed by atoms with Crippen LogP contribution in [0, 0.1) is 17.8 Å². The Morgan fingerprint density at radius 3 is 2.48 bits per heavy atom. The number of amides is 1. The lowest BCUT2D eigenvalue weighted by molar-refractivity contribution is -0.118. The van der Waals surface area contributed by atoms with Crippen molar-refractivity contribution in [3.63, 3.8) is 0 Å². The van der Waals surface area contributed by atoms with Crippen LogP contribution in [0.1, 0.15) is 57.8 Å². The summed E-state index contributed by atoms with van der Waals surface area (Å²) in [6.07, 6.45) is 11.4. The summed E-state index contributed by atoms with van der Waals surface area (Å²) in [7, 11) is 0. The second-order valence-electron chi connectivity index (χ2n) is 9.19.